The van der Waals surface area contributed by atoms with Crippen LogP contribution < -0.4 is 5.73 Å². The van der Waals surface area contributed by atoms with Crippen molar-refractivity contribution in [3.63, 3.8) is 0 Å². The number of halogens is 4. The van der Waals surface area contributed by atoms with Crippen LogP contribution >= 0.6 is 0 Å². The third-order valence-electron chi connectivity index (χ3n) is 3.29. The van der Waals surface area contributed by atoms with E-state index in [0.29, 0.717) is 11.1 Å². The highest BCUT2D eigenvalue weighted by atomic mass is 19.4. The summed E-state index contributed by atoms with van der Waals surface area (Å²) in [7, 11) is 0. The summed E-state index contributed by atoms with van der Waals surface area (Å²) in [5.41, 5.74) is 5.35. The van der Waals surface area contributed by atoms with Crippen LogP contribution in [-0.2, 0) is 6.18 Å². The van der Waals surface area contributed by atoms with E-state index < -0.39 is 29.7 Å². The average Bonchev–Trinajstić information content (AvgIpc) is 2.49. The first-order valence-electron chi connectivity index (χ1n) is 6.49. The van der Waals surface area contributed by atoms with Crippen LogP contribution in [0.1, 0.15) is 22.7 Å². The zero-order valence-corrected chi connectivity index (χ0v) is 11.4. The van der Waals surface area contributed by atoms with Gasteiger partial charge in [0.2, 0.25) is 0 Å². The van der Waals surface area contributed by atoms with Gasteiger partial charge in [-0.15, -0.1) is 0 Å². The molecule has 3 N–H and O–H groups in total. The van der Waals surface area contributed by atoms with E-state index in [1.54, 1.807) is 0 Å². The lowest BCUT2D eigenvalue weighted by Gasteiger charge is -2.23. The highest BCUT2D eigenvalue weighted by Crippen LogP contribution is 2.31. The lowest BCUT2D eigenvalue weighted by molar-refractivity contribution is -0.141. The van der Waals surface area contributed by atoms with Gasteiger partial charge in [-0.3, -0.25) is 4.98 Å². The SMILES string of the molecule is NC[C@H](O)[C@H](c1ccc(F)cc1)c1ccc(C(F)(F)F)nc1. The molecule has 0 radical (unpaired) electrons. The number of aliphatic hydroxyl groups excluding tert-OH is 1. The van der Waals surface area contributed by atoms with Crippen LogP contribution in [0, 0.1) is 5.82 Å². The van der Waals surface area contributed by atoms with Crippen LogP contribution in [0.5, 0.6) is 0 Å². The fourth-order valence-electron chi connectivity index (χ4n) is 2.20. The zero-order valence-electron chi connectivity index (χ0n) is 11.4. The third kappa shape index (κ3) is 3.61. The zero-order chi connectivity index (χ0) is 16.3. The van der Waals surface area contributed by atoms with Gasteiger partial charge in [-0.05, 0) is 29.3 Å². The molecular weight excluding hydrogens is 300 g/mol. The van der Waals surface area contributed by atoms with Gasteiger partial charge >= 0.3 is 6.18 Å². The third-order valence-corrected chi connectivity index (χ3v) is 3.29. The summed E-state index contributed by atoms with van der Waals surface area (Å²) >= 11 is 0. The van der Waals surface area contributed by atoms with E-state index in [2.05, 4.69) is 4.98 Å². The molecule has 1 aromatic carbocycles. The fourth-order valence-corrected chi connectivity index (χ4v) is 2.20. The van der Waals surface area contributed by atoms with E-state index in [4.69, 9.17) is 5.73 Å². The van der Waals surface area contributed by atoms with Crippen molar-refractivity contribution in [2.75, 3.05) is 6.54 Å². The second-order valence-corrected chi connectivity index (χ2v) is 4.81. The van der Waals surface area contributed by atoms with E-state index in [0.717, 1.165) is 12.3 Å². The molecular formula is C15H14F4N2O. The molecule has 2 atom stereocenters. The Kier molecular flexibility index (Phi) is 4.77. The van der Waals surface area contributed by atoms with Crippen LogP contribution in [0.2, 0.25) is 0 Å². The van der Waals surface area contributed by atoms with Crippen molar-refractivity contribution in [1.29, 1.82) is 0 Å². The molecule has 2 aromatic rings. The standard InChI is InChI=1S/C15H14F4N2O/c16-11-4-1-9(2-5-11)14(12(22)7-20)10-3-6-13(21-8-10)15(17,18)19/h1-6,8,12,14,22H,7,20H2/t12-,14+/m0/s1. The van der Waals surface area contributed by atoms with Gasteiger partial charge in [0.15, 0.2) is 0 Å². The summed E-state index contributed by atoms with van der Waals surface area (Å²) in [4.78, 5) is 3.38. The Morgan fingerprint density at radius 2 is 1.64 bits per heavy atom. The lowest BCUT2D eigenvalue weighted by atomic mass is 9.87. The number of alkyl halides is 3. The first-order valence-corrected chi connectivity index (χ1v) is 6.49. The van der Waals surface area contributed by atoms with Crippen LogP contribution in [0.3, 0.4) is 0 Å². The van der Waals surface area contributed by atoms with Gasteiger partial charge in [0.1, 0.15) is 11.5 Å². The smallest absolute Gasteiger partial charge is 0.391 e. The van der Waals surface area contributed by atoms with Crippen molar-refractivity contribution < 1.29 is 22.7 Å². The number of rotatable bonds is 4. The normalized spacial score (nSPS) is 14.6. The molecule has 22 heavy (non-hydrogen) atoms. The molecule has 0 aliphatic heterocycles. The number of aromatic nitrogens is 1. The predicted molar refractivity (Wildman–Crippen MR) is 72.5 cm³/mol. The summed E-state index contributed by atoms with van der Waals surface area (Å²) < 4.78 is 50.6. The number of hydrogen-bond donors (Lipinski definition) is 2. The fraction of sp³-hybridized carbons (Fsp3) is 0.267. The van der Waals surface area contributed by atoms with Gasteiger partial charge in [-0.2, -0.15) is 13.2 Å². The van der Waals surface area contributed by atoms with E-state index in [-0.39, 0.29) is 6.54 Å². The van der Waals surface area contributed by atoms with E-state index in [1.165, 1.54) is 30.3 Å². The maximum Gasteiger partial charge on any atom is 0.433 e. The number of nitrogens with zero attached hydrogens (tertiary/aromatic N) is 1. The maximum atomic E-state index is 13.0. The van der Waals surface area contributed by atoms with Gasteiger partial charge in [-0.1, -0.05) is 18.2 Å². The van der Waals surface area contributed by atoms with E-state index in [9.17, 15) is 22.7 Å². The summed E-state index contributed by atoms with van der Waals surface area (Å²) in [6.45, 7) is -0.0942. The summed E-state index contributed by atoms with van der Waals surface area (Å²) in [6, 6.07) is 7.41. The Morgan fingerprint density at radius 1 is 1.05 bits per heavy atom. The number of benzene rings is 1. The van der Waals surface area contributed by atoms with Crippen LogP contribution in [-0.4, -0.2) is 22.7 Å². The van der Waals surface area contributed by atoms with Crippen LogP contribution in [0.4, 0.5) is 17.6 Å². The largest absolute Gasteiger partial charge is 0.433 e. The van der Waals surface area contributed by atoms with E-state index >= 15 is 0 Å². The predicted octanol–water partition coefficient (Wildman–Crippen LogP) is 2.69. The highest BCUT2D eigenvalue weighted by molar-refractivity contribution is 5.33. The molecule has 1 heterocycles. The molecule has 0 unspecified atom stereocenters. The lowest BCUT2D eigenvalue weighted by Crippen LogP contribution is -2.28. The topological polar surface area (TPSA) is 59.1 Å². The second-order valence-electron chi connectivity index (χ2n) is 4.81. The molecule has 0 aliphatic rings. The van der Waals surface area contributed by atoms with Crippen LogP contribution in [0.15, 0.2) is 42.6 Å². The summed E-state index contributed by atoms with van der Waals surface area (Å²) in [5, 5.41) is 10.1. The Hall–Kier alpha value is -1.99. The van der Waals surface area contributed by atoms with Crippen molar-refractivity contribution in [1.82, 2.24) is 4.98 Å². The number of nitrogens with two attached hydrogens (primary N) is 1. The Labute approximate surface area is 124 Å². The van der Waals surface area contributed by atoms with E-state index in [1.807, 2.05) is 0 Å². The monoisotopic (exact) mass is 314 g/mol. The highest BCUT2D eigenvalue weighted by Gasteiger charge is 2.32. The maximum absolute atomic E-state index is 13.0. The minimum absolute atomic E-state index is 0.0942. The van der Waals surface area contributed by atoms with Crippen molar-refractivity contribution in [3.05, 3.63) is 65.2 Å². The van der Waals surface area contributed by atoms with Crippen molar-refractivity contribution in [3.8, 4) is 0 Å². The number of hydrogen-bond acceptors (Lipinski definition) is 3. The number of pyridine rings is 1. The molecule has 0 aliphatic carbocycles. The minimum atomic E-state index is -4.53. The Morgan fingerprint density at radius 3 is 2.09 bits per heavy atom. The quantitative estimate of drug-likeness (QED) is 0.853. The molecule has 7 heteroatoms. The Bertz CT molecular complexity index is 611. The first-order chi connectivity index (χ1) is 10.3. The van der Waals surface area contributed by atoms with Gasteiger partial charge in [0, 0.05) is 18.7 Å². The molecule has 0 spiro atoms. The second kappa shape index (κ2) is 6.41. The summed E-state index contributed by atoms with van der Waals surface area (Å²) in [5.74, 6) is -1.13. The Balaban J connectivity index is 2.39. The molecule has 0 bridgehead atoms. The number of aliphatic hydroxyl groups is 1. The van der Waals surface area contributed by atoms with Gasteiger partial charge in [0.05, 0.1) is 6.10 Å². The first kappa shape index (κ1) is 16.4. The van der Waals surface area contributed by atoms with Crippen molar-refractivity contribution >= 4 is 0 Å². The molecule has 3 nitrogen and oxygen atoms in total. The van der Waals surface area contributed by atoms with Crippen molar-refractivity contribution in [2.45, 2.75) is 18.2 Å². The van der Waals surface area contributed by atoms with Crippen molar-refractivity contribution in [2.24, 2.45) is 5.73 Å². The molecule has 0 amide bonds. The molecule has 0 fully saturated rings. The van der Waals surface area contributed by atoms with Gasteiger partial charge in [-0.25, -0.2) is 4.39 Å². The average molecular weight is 314 g/mol. The van der Waals surface area contributed by atoms with Gasteiger partial charge < -0.3 is 10.8 Å². The summed E-state index contributed by atoms with van der Waals surface area (Å²) in [6.07, 6.45) is -4.50. The van der Waals surface area contributed by atoms with Crippen LogP contribution in [0.25, 0.3) is 0 Å². The molecule has 1 aromatic heterocycles. The molecule has 118 valence electrons. The minimum Gasteiger partial charge on any atom is -0.391 e. The molecule has 0 saturated heterocycles. The molecule has 0 saturated carbocycles. The van der Waals surface area contributed by atoms with Gasteiger partial charge in [0.25, 0.3) is 0 Å². The molecule has 2 rings (SSSR count).